The molecule has 4 heteroatoms. The molecule has 0 aliphatic carbocycles. The minimum Gasteiger partial charge on any atom is -0.311 e. The van der Waals surface area contributed by atoms with E-state index in [2.05, 4.69) is 41.8 Å². The van der Waals surface area contributed by atoms with Gasteiger partial charge in [0.2, 0.25) is 0 Å². The Bertz CT molecular complexity index is 497. The molecule has 2 aromatic rings. The van der Waals surface area contributed by atoms with Gasteiger partial charge in [0.15, 0.2) is 0 Å². The number of hydrogen-bond acceptors (Lipinski definition) is 3. The second-order valence-electron chi connectivity index (χ2n) is 4.76. The highest BCUT2D eigenvalue weighted by Crippen LogP contribution is 2.22. The molecule has 102 valence electrons. The summed E-state index contributed by atoms with van der Waals surface area (Å²) in [6.45, 7) is 1.54. The summed E-state index contributed by atoms with van der Waals surface area (Å²) in [5.41, 5.74) is 0.976. The molecule has 0 fully saturated rings. The summed E-state index contributed by atoms with van der Waals surface area (Å²) in [6, 6.07) is 11.3. The topological polar surface area (TPSA) is 15.3 Å². The Labute approximate surface area is 117 Å². The maximum absolute atomic E-state index is 13.1. The molecule has 1 aromatic heterocycles. The van der Waals surface area contributed by atoms with E-state index in [1.165, 1.54) is 10.9 Å². The van der Waals surface area contributed by atoms with E-state index in [1.807, 2.05) is 6.07 Å². The predicted molar refractivity (Wildman–Crippen MR) is 78.9 cm³/mol. The van der Waals surface area contributed by atoms with Crippen LogP contribution in [0.3, 0.4) is 0 Å². The third-order valence-corrected chi connectivity index (χ3v) is 4.02. The monoisotopic (exact) mass is 278 g/mol. The number of nitrogens with one attached hydrogen (secondary N) is 1. The Morgan fingerprint density at radius 1 is 1.26 bits per heavy atom. The van der Waals surface area contributed by atoms with Gasteiger partial charge < -0.3 is 10.2 Å². The number of likely N-dealkylation sites (N-methyl/N-ethyl adjacent to an activating group) is 1. The van der Waals surface area contributed by atoms with Crippen LogP contribution in [0.2, 0.25) is 0 Å². The van der Waals surface area contributed by atoms with Gasteiger partial charge in [0.1, 0.15) is 5.82 Å². The maximum Gasteiger partial charge on any atom is 0.123 e. The van der Waals surface area contributed by atoms with Gasteiger partial charge in [-0.3, -0.25) is 0 Å². The highest BCUT2D eigenvalue weighted by atomic mass is 32.1. The van der Waals surface area contributed by atoms with E-state index in [-0.39, 0.29) is 5.82 Å². The van der Waals surface area contributed by atoms with Crippen molar-refractivity contribution in [1.29, 1.82) is 0 Å². The van der Waals surface area contributed by atoms with E-state index in [0.29, 0.717) is 12.6 Å². The van der Waals surface area contributed by atoms with Crippen molar-refractivity contribution in [3.63, 3.8) is 0 Å². The molecule has 1 N–H and O–H groups in total. The maximum atomic E-state index is 13.1. The van der Waals surface area contributed by atoms with Gasteiger partial charge in [-0.25, -0.2) is 4.39 Å². The van der Waals surface area contributed by atoms with Crippen molar-refractivity contribution in [1.82, 2.24) is 10.2 Å². The normalized spacial score (nSPS) is 12.8. The van der Waals surface area contributed by atoms with Crippen LogP contribution in [0.15, 0.2) is 41.8 Å². The Morgan fingerprint density at radius 2 is 2.11 bits per heavy atom. The average Bonchev–Trinajstić information content (AvgIpc) is 2.88. The minimum atomic E-state index is -0.179. The number of hydrogen-bond donors (Lipinski definition) is 1. The minimum absolute atomic E-state index is 0.179. The second-order valence-corrected chi connectivity index (χ2v) is 5.73. The molecule has 0 amide bonds. The lowest BCUT2D eigenvalue weighted by Crippen LogP contribution is -2.30. The highest BCUT2D eigenvalue weighted by Gasteiger charge is 2.14. The summed E-state index contributed by atoms with van der Waals surface area (Å²) in [5.74, 6) is -0.179. The van der Waals surface area contributed by atoms with Crippen molar-refractivity contribution in [2.45, 2.75) is 12.6 Å². The number of rotatable bonds is 6. The fourth-order valence-corrected chi connectivity index (χ4v) is 2.94. The lowest BCUT2D eigenvalue weighted by Gasteiger charge is -2.23. The molecule has 19 heavy (non-hydrogen) atoms. The van der Waals surface area contributed by atoms with Gasteiger partial charge in [-0.2, -0.15) is 0 Å². The molecule has 1 aromatic carbocycles. The number of thiophene rings is 1. The quantitative estimate of drug-likeness (QED) is 0.872. The molecule has 1 heterocycles. The van der Waals surface area contributed by atoms with Gasteiger partial charge in [-0.1, -0.05) is 18.2 Å². The SMILES string of the molecule is CN(C)C(CNCc1cccc(F)c1)c1cccs1. The molecule has 0 bridgehead atoms. The van der Waals surface area contributed by atoms with Crippen LogP contribution in [0, 0.1) is 5.82 Å². The molecular formula is C15H19FN2S. The van der Waals surface area contributed by atoms with Gasteiger partial charge in [-0.15, -0.1) is 11.3 Å². The number of halogens is 1. The van der Waals surface area contributed by atoms with Crippen LogP contribution in [-0.2, 0) is 6.54 Å². The van der Waals surface area contributed by atoms with Gasteiger partial charge in [0, 0.05) is 18.0 Å². The molecular weight excluding hydrogens is 259 g/mol. The van der Waals surface area contributed by atoms with Gasteiger partial charge in [-0.05, 0) is 43.2 Å². The zero-order valence-corrected chi connectivity index (χ0v) is 12.1. The molecule has 0 radical (unpaired) electrons. The molecule has 0 saturated heterocycles. The molecule has 0 aliphatic heterocycles. The molecule has 1 unspecified atom stereocenters. The molecule has 0 spiro atoms. The van der Waals surface area contributed by atoms with Gasteiger partial charge >= 0.3 is 0 Å². The fourth-order valence-electron chi connectivity index (χ4n) is 2.02. The smallest absolute Gasteiger partial charge is 0.123 e. The van der Waals surface area contributed by atoms with Crippen molar-refractivity contribution >= 4 is 11.3 Å². The first kappa shape index (κ1) is 14.2. The van der Waals surface area contributed by atoms with Crippen LogP contribution in [0.25, 0.3) is 0 Å². The van der Waals surface area contributed by atoms with Crippen molar-refractivity contribution in [2.75, 3.05) is 20.6 Å². The fraction of sp³-hybridized carbons (Fsp3) is 0.333. The largest absolute Gasteiger partial charge is 0.311 e. The molecule has 0 aliphatic rings. The van der Waals surface area contributed by atoms with Crippen LogP contribution in [0.1, 0.15) is 16.5 Å². The molecule has 2 nitrogen and oxygen atoms in total. The first-order chi connectivity index (χ1) is 9.16. The summed E-state index contributed by atoms with van der Waals surface area (Å²) in [7, 11) is 4.16. The Balaban J connectivity index is 1.90. The van der Waals surface area contributed by atoms with Crippen molar-refractivity contribution in [2.24, 2.45) is 0 Å². The summed E-state index contributed by atoms with van der Waals surface area (Å²) < 4.78 is 13.1. The Hall–Kier alpha value is -1.23. The third-order valence-electron chi connectivity index (χ3n) is 3.05. The zero-order chi connectivity index (χ0) is 13.7. The highest BCUT2D eigenvalue weighted by molar-refractivity contribution is 7.10. The van der Waals surface area contributed by atoms with E-state index in [0.717, 1.165) is 12.1 Å². The summed E-state index contributed by atoms with van der Waals surface area (Å²) >= 11 is 1.77. The van der Waals surface area contributed by atoms with Crippen molar-refractivity contribution < 1.29 is 4.39 Å². The first-order valence-electron chi connectivity index (χ1n) is 6.32. The Morgan fingerprint density at radius 3 is 2.74 bits per heavy atom. The van der Waals surface area contributed by atoms with Crippen LogP contribution in [-0.4, -0.2) is 25.5 Å². The van der Waals surface area contributed by atoms with E-state index in [1.54, 1.807) is 23.5 Å². The standard InChI is InChI=1S/C15H19FN2S/c1-18(2)14(15-7-4-8-19-15)11-17-10-12-5-3-6-13(16)9-12/h3-9,14,17H,10-11H2,1-2H3. The summed E-state index contributed by atoms with van der Waals surface area (Å²) in [6.07, 6.45) is 0. The predicted octanol–water partition coefficient (Wildman–Crippen LogP) is 3.28. The average molecular weight is 278 g/mol. The van der Waals surface area contributed by atoms with Crippen LogP contribution in [0.5, 0.6) is 0 Å². The van der Waals surface area contributed by atoms with E-state index in [4.69, 9.17) is 0 Å². The van der Waals surface area contributed by atoms with Crippen molar-refractivity contribution in [3.8, 4) is 0 Å². The third kappa shape index (κ3) is 4.13. The van der Waals surface area contributed by atoms with E-state index < -0.39 is 0 Å². The lowest BCUT2D eigenvalue weighted by molar-refractivity contribution is 0.292. The molecule has 0 saturated carbocycles. The summed E-state index contributed by atoms with van der Waals surface area (Å²) in [4.78, 5) is 3.54. The molecule has 1 atom stereocenters. The van der Waals surface area contributed by atoms with Crippen molar-refractivity contribution in [3.05, 3.63) is 58.0 Å². The Kier molecular flexibility index (Phi) is 5.07. The van der Waals surface area contributed by atoms with Crippen LogP contribution < -0.4 is 5.32 Å². The lowest BCUT2D eigenvalue weighted by atomic mass is 10.2. The zero-order valence-electron chi connectivity index (χ0n) is 11.3. The number of nitrogens with zero attached hydrogens (tertiary/aromatic N) is 1. The summed E-state index contributed by atoms with van der Waals surface area (Å²) in [5, 5.41) is 5.49. The van der Waals surface area contributed by atoms with Crippen LogP contribution >= 0.6 is 11.3 Å². The van der Waals surface area contributed by atoms with E-state index in [9.17, 15) is 4.39 Å². The van der Waals surface area contributed by atoms with E-state index >= 15 is 0 Å². The number of benzene rings is 1. The van der Waals surface area contributed by atoms with Crippen LogP contribution in [0.4, 0.5) is 4.39 Å². The van der Waals surface area contributed by atoms with Gasteiger partial charge in [0.25, 0.3) is 0 Å². The van der Waals surface area contributed by atoms with Gasteiger partial charge in [0.05, 0.1) is 6.04 Å². The first-order valence-corrected chi connectivity index (χ1v) is 7.20. The molecule has 2 rings (SSSR count). The second kappa shape index (κ2) is 6.80.